The van der Waals surface area contributed by atoms with Gasteiger partial charge in [-0.2, -0.15) is 0 Å². The summed E-state index contributed by atoms with van der Waals surface area (Å²) in [7, 11) is 0. The monoisotopic (exact) mass is 262 g/mol. The Hall–Kier alpha value is -1.32. The van der Waals surface area contributed by atoms with E-state index in [1.807, 2.05) is 6.92 Å². The van der Waals surface area contributed by atoms with Crippen molar-refractivity contribution in [3.05, 3.63) is 11.4 Å². The van der Waals surface area contributed by atoms with Gasteiger partial charge in [0.1, 0.15) is 17.5 Å². The molecular formula is C15H26N4. The second kappa shape index (κ2) is 5.76. The van der Waals surface area contributed by atoms with E-state index in [0.717, 1.165) is 17.2 Å². The molecule has 0 bridgehead atoms. The molecule has 1 aliphatic carbocycles. The molecular weight excluding hydrogens is 236 g/mol. The first-order valence-corrected chi connectivity index (χ1v) is 7.39. The molecule has 19 heavy (non-hydrogen) atoms. The number of nitrogens with zero attached hydrogens (tertiary/aromatic N) is 2. The lowest BCUT2D eigenvalue weighted by Crippen LogP contribution is -2.31. The molecule has 2 atom stereocenters. The van der Waals surface area contributed by atoms with Crippen molar-refractivity contribution in [2.45, 2.75) is 65.3 Å². The highest BCUT2D eigenvalue weighted by molar-refractivity contribution is 5.55. The smallest absolute Gasteiger partial charge is 0.135 e. The lowest BCUT2D eigenvalue weighted by atomic mass is 9.86. The van der Waals surface area contributed by atoms with Crippen LogP contribution in [0.2, 0.25) is 0 Å². The highest BCUT2D eigenvalue weighted by Crippen LogP contribution is 2.28. The Kier molecular flexibility index (Phi) is 4.27. The molecule has 1 aromatic heterocycles. The van der Waals surface area contributed by atoms with Crippen LogP contribution in [0.4, 0.5) is 11.6 Å². The summed E-state index contributed by atoms with van der Waals surface area (Å²) < 4.78 is 0. The van der Waals surface area contributed by atoms with Crippen LogP contribution >= 0.6 is 0 Å². The van der Waals surface area contributed by atoms with E-state index in [2.05, 4.69) is 36.1 Å². The van der Waals surface area contributed by atoms with Gasteiger partial charge in [-0.1, -0.05) is 33.6 Å². The minimum Gasteiger partial charge on any atom is -0.383 e. The number of anilines is 2. The lowest BCUT2D eigenvalue weighted by molar-refractivity contribution is 0.349. The average Bonchev–Trinajstić information content (AvgIpc) is 2.37. The zero-order valence-corrected chi connectivity index (χ0v) is 12.5. The quantitative estimate of drug-likeness (QED) is 0.875. The SMILES string of the molecule is Cc1c(N)nc(C(C)C)nc1NC1CCCCC1C. The number of rotatable bonds is 3. The van der Waals surface area contributed by atoms with Crippen LogP contribution in [0.5, 0.6) is 0 Å². The van der Waals surface area contributed by atoms with Crippen LogP contribution in [-0.2, 0) is 0 Å². The molecule has 0 aliphatic heterocycles. The normalized spacial score (nSPS) is 23.6. The maximum atomic E-state index is 6.01. The molecule has 0 radical (unpaired) electrons. The summed E-state index contributed by atoms with van der Waals surface area (Å²) in [5, 5.41) is 3.60. The van der Waals surface area contributed by atoms with Crippen LogP contribution in [0.1, 0.15) is 63.8 Å². The first-order valence-electron chi connectivity index (χ1n) is 7.39. The fourth-order valence-electron chi connectivity index (χ4n) is 2.66. The van der Waals surface area contributed by atoms with Gasteiger partial charge in [0.25, 0.3) is 0 Å². The summed E-state index contributed by atoms with van der Waals surface area (Å²) in [6, 6.07) is 0.516. The van der Waals surface area contributed by atoms with Crippen molar-refractivity contribution in [1.82, 2.24) is 9.97 Å². The summed E-state index contributed by atoms with van der Waals surface area (Å²) >= 11 is 0. The molecule has 4 heteroatoms. The lowest BCUT2D eigenvalue weighted by Gasteiger charge is -2.30. The molecule has 1 aliphatic rings. The van der Waals surface area contributed by atoms with Gasteiger partial charge in [0, 0.05) is 17.5 Å². The summed E-state index contributed by atoms with van der Waals surface area (Å²) in [5.74, 6) is 3.35. The molecule has 2 unspecified atom stereocenters. The van der Waals surface area contributed by atoms with E-state index in [4.69, 9.17) is 5.73 Å². The van der Waals surface area contributed by atoms with E-state index in [1.54, 1.807) is 0 Å². The van der Waals surface area contributed by atoms with Crippen LogP contribution in [-0.4, -0.2) is 16.0 Å². The van der Waals surface area contributed by atoms with Crippen LogP contribution in [0.15, 0.2) is 0 Å². The molecule has 0 amide bonds. The van der Waals surface area contributed by atoms with Crippen molar-refractivity contribution >= 4 is 11.6 Å². The first kappa shape index (κ1) is 14.1. The van der Waals surface area contributed by atoms with Gasteiger partial charge < -0.3 is 11.1 Å². The van der Waals surface area contributed by atoms with E-state index in [-0.39, 0.29) is 0 Å². The average molecular weight is 262 g/mol. The third-order valence-corrected chi connectivity index (χ3v) is 4.15. The fraction of sp³-hybridized carbons (Fsp3) is 0.733. The van der Waals surface area contributed by atoms with Gasteiger partial charge >= 0.3 is 0 Å². The fourth-order valence-corrected chi connectivity index (χ4v) is 2.66. The molecule has 1 aromatic rings. The van der Waals surface area contributed by atoms with Crippen LogP contribution in [0.3, 0.4) is 0 Å². The summed E-state index contributed by atoms with van der Waals surface area (Å²) in [4.78, 5) is 9.03. The maximum absolute atomic E-state index is 6.01. The van der Waals surface area contributed by atoms with Crippen molar-refractivity contribution in [3.63, 3.8) is 0 Å². The summed E-state index contributed by atoms with van der Waals surface area (Å²) in [5.41, 5.74) is 6.98. The van der Waals surface area contributed by atoms with Crippen LogP contribution < -0.4 is 11.1 Å². The molecule has 0 aromatic carbocycles. The molecule has 3 N–H and O–H groups in total. The van der Waals surface area contributed by atoms with Crippen molar-refractivity contribution < 1.29 is 0 Å². The van der Waals surface area contributed by atoms with E-state index in [9.17, 15) is 0 Å². The zero-order chi connectivity index (χ0) is 14.0. The highest BCUT2D eigenvalue weighted by atomic mass is 15.1. The molecule has 1 saturated carbocycles. The molecule has 1 heterocycles. The van der Waals surface area contributed by atoms with Gasteiger partial charge in [0.05, 0.1) is 0 Å². The largest absolute Gasteiger partial charge is 0.383 e. The van der Waals surface area contributed by atoms with E-state index >= 15 is 0 Å². The number of nitrogens with one attached hydrogen (secondary N) is 1. The molecule has 0 saturated heterocycles. The Labute approximate surface area is 116 Å². The Balaban J connectivity index is 2.23. The van der Waals surface area contributed by atoms with Crippen LogP contribution in [0, 0.1) is 12.8 Å². The molecule has 1 fully saturated rings. The Morgan fingerprint density at radius 1 is 1.21 bits per heavy atom. The Morgan fingerprint density at radius 3 is 2.53 bits per heavy atom. The first-order chi connectivity index (χ1) is 8.99. The van der Waals surface area contributed by atoms with Gasteiger partial charge in [-0.15, -0.1) is 0 Å². The van der Waals surface area contributed by atoms with E-state index in [1.165, 1.54) is 25.7 Å². The van der Waals surface area contributed by atoms with Gasteiger partial charge in [-0.05, 0) is 25.7 Å². The van der Waals surface area contributed by atoms with Crippen molar-refractivity contribution in [1.29, 1.82) is 0 Å². The minimum absolute atomic E-state index is 0.298. The standard InChI is InChI=1S/C15H26N4/c1-9(2)14-18-13(16)11(4)15(19-14)17-12-8-6-5-7-10(12)3/h9-10,12H,5-8H2,1-4H3,(H3,16,17,18,19). The summed E-state index contributed by atoms with van der Waals surface area (Å²) in [6.45, 7) is 8.50. The molecule has 106 valence electrons. The zero-order valence-electron chi connectivity index (χ0n) is 12.5. The number of nitrogens with two attached hydrogens (primary N) is 1. The third-order valence-electron chi connectivity index (χ3n) is 4.15. The highest BCUT2D eigenvalue weighted by Gasteiger charge is 2.22. The molecule has 0 spiro atoms. The molecule has 2 rings (SSSR count). The van der Waals surface area contributed by atoms with Crippen molar-refractivity contribution in [3.8, 4) is 0 Å². The Bertz CT molecular complexity index is 442. The number of hydrogen-bond donors (Lipinski definition) is 2. The minimum atomic E-state index is 0.298. The Morgan fingerprint density at radius 2 is 1.89 bits per heavy atom. The van der Waals surface area contributed by atoms with E-state index in [0.29, 0.717) is 23.7 Å². The maximum Gasteiger partial charge on any atom is 0.135 e. The van der Waals surface area contributed by atoms with Crippen LogP contribution in [0.25, 0.3) is 0 Å². The second-order valence-corrected chi connectivity index (χ2v) is 6.11. The molecule has 4 nitrogen and oxygen atoms in total. The number of aromatic nitrogens is 2. The van der Waals surface area contributed by atoms with Gasteiger partial charge in [-0.3, -0.25) is 0 Å². The van der Waals surface area contributed by atoms with Gasteiger partial charge in [-0.25, -0.2) is 9.97 Å². The predicted octanol–water partition coefficient (Wildman–Crippen LogP) is 3.48. The summed E-state index contributed by atoms with van der Waals surface area (Å²) in [6.07, 6.45) is 5.18. The second-order valence-electron chi connectivity index (χ2n) is 6.11. The third kappa shape index (κ3) is 3.17. The van der Waals surface area contributed by atoms with Crippen molar-refractivity contribution in [2.75, 3.05) is 11.1 Å². The van der Waals surface area contributed by atoms with E-state index < -0.39 is 0 Å². The topological polar surface area (TPSA) is 63.8 Å². The number of nitrogen functional groups attached to an aromatic ring is 1. The van der Waals surface area contributed by atoms with Gasteiger partial charge in [0.2, 0.25) is 0 Å². The van der Waals surface area contributed by atoms with Crippen molar-refractivity contribution in [2.24, 2.45) is 5.92 Å². The van der Waals surface area contributed by atoms with Gasteiger partial charge in [0.15, 0.2) is 0 Å². The number of hydrogen-bond acceptors (Lipinski definition) is 4. The predicted molar refractivity (Wildman–Crippen MR) is 80.3 cm³/mol.